The summed E-state index contributed by atoms with van der Waals surface area (Å²) in [6.45, 7) is 2.36. The summed E-state index contributed by atoms with van der Waals surface area (Å²) in [5.41, 5.74) is -3.00. The number of rotatable bonds is 4. The third-order valence-corrected chi connectivity index (χ3v) is 5.41. The lowest BCUT2D eigenvalue weighted by molar-refractivity contribution is -0.143. The highest BCUT2D eigenvalue weighted by Crippen LogP contribution is 2.42. The molecule has 0 saturated carbocycles. The van der Waals surface area contributed by atoms with Crippen LogP contribution in [0.1, 0.15) is 22.3 Å². The predicted octanol–water partition coefficient (Wildman–Crippen LogP) is 7.32. The van der Waals surface area contributed by atoms with Crippen molar-refractivity contribution in [2.45, 2.75) is 26.2 Å². The van der Waals surface area contributed by atoms with Gasteiger partial charge in [0.2, 0.25) is 0 Å². The first-order valence-electron chi connectivity index (χ1n) is 7.98. The topological polar surface area (TPSA) is 38.3 Å². The third-order valence-electron chi connectivity index (χ3n) is 3.93. The molecule has 2 aromatic carbocycles. The Morgan fingerprint density at radius 1 is 0.867 bits per heavy atom. The second-order valence-corrected chi connectivity index (χ2v) is 7.29. The Balaban J connectivity index is 2.26. The standard InChI is InChI=1S/C18H12Cl3F6NO2/c1-7-13(19)8(2)15(21)16(14(7)20)30-6-12(29)28-11-4-9(17(22,23)24)3-10(5-11)18(25,26)27/h3-5H,6H2,1-2H3,(H,28,29). The minimum Gasteiger partial charge on any atom is -0.481 e. The Morgan fingerprint density at radius 2 is 1.30 bits per heavy atom. The molecule has 2 rings (SSSR count). The van der Waals surface area contributed by atoms with Crippen LogP contribution >= 0.6 is 34.8 Å². The lowest BCUT2D eigenvalue weighted by Gasteiger charge is -2.16. The second kappa shape index (κ2) is 8.72. The van der Waals surface area contributed by atoms with Crippen LogP contribution in [0.5, 0.6) is 5.75 Å². The van der Waals surface area contributed by atoms with Crippen molar-refractivity contribution in [1.82, 2.24) is 0 Å². The van der Waals surface area contributed by atoms with E-state index in [1.54, 1.807) is 13.8 Å². The number of hydrogen-bond donors (Lipinski definition) is 1. The fraction of sp³-hybridized carbons (Fsp3) is 0.278. The van der Waals surface area contributed by atoms with E-state index in [9.17, 15) is 31.1 Å². The number of amides is 1. The summed E-state index contributed by atoms with van der Waals surface area (Å²) in [5, 5.41) is 2.25. The van der Waals surface area contributed by atoms with Gasteiger partial charge >= 0.3 is 12.4 Å². The van der Waals surface area contributed by atoms with Crippen LogP contribution in [0.3, 0.4) is 0 Å². The molecule has 0 fully saturated rings. The van der Waals surface area contributed by atoms with Crippen molar-refractivity contribution in [3.8, 4) is 5.75 Å². The van der Waals surface area contributed by atoms with Gasteiger partial charge in [-0.15, -0.1) is 0 Å². The molecule has 0 aromatic heterocycles. The average Bonchev–Trinajstić information content (AvgIpc) is 2.63. The molecule has 0 unspecified atom stereocenters. The van der Waals surface area contributed by atoms with Crippen molar-refractivity contribution >= 4 is 46.4 Å². The van der Waals surface area contributed by atoms with Crippen LogP contribution in [0.15, 0.2) is 18.2 Å². The largest absolute Gasteiger partial charge is 0.481 e. The van der Waals surface area contributed by atoms with E-state index >= 15 is 0 Å². The van der Waals surface area contributed by atoms with Crippen LogP contribution in [0.25, 0.3) is 0 Å². The number of ether oxygens (including phenoxy) is 1. The molecule has 2 aromatic rings. The first-order chi connectivity index (χ1) is 13.6. The minimum atomic E-state index is -5.04. The fourth-order valence-electron chi connectivity index (χ4n) is 2.40. The van der Waals surface area contributed by atoms with Gasteiger partial charge in [0.1, 0.15) is 0 Å². The van der Waals surface area contributed by atoms with Crippen LogP contribution < -0.4 is 10.1 Å². The van der Waals surface area contributed by atoms with Gasteiger partial charge in [0, 0.05) is 10.7 Å². The number of benzene rings is 2. The van der Waals surface area contributed by atoms with Crippen LogP contribution in [0, 0.1) is 13.8 Å². The zero-order valence-corrected chi connectivity index (χ0v) is 17.4. The van der Waals surface area contributed by atoms with E-state index in [0.29, 0.717) is 23.3 Å². The molecule has 0 saturated heterocycles. The molecule has 12 heteroatoms. The summed E-state index contributed by atoms with van der Waals surface area (Å²) in [4.78, 5) is 12.1. The maximum absolute atomic E-state index is 12.9. The maximum atomic E-state index is 12.9. The van der Waals surface area contributed by atoms with E-state index in [2.05, 4.69) is 0 Å². The average molecular weight is 495 g/mol. The molecule has 0 atom stereocenters. The molecule has 3 nitrogen and oxygen atoms in total. The summed E-state index contributed by atoms with van der Waals surface area (Å²) < 4.78 is 82.6. The molecule has 0 radical (unpaired) electrons. The van der Waals surface area contributed by atoms with Gasteiger partial charge in [0.05, 0.1) is 21.2 Å². The van der Waals surface area contributed by atoms with E-state index < -0.39 is 41.7 Å². The first kappa shape index (κ1) is 24.4. The van der Waals surface area contributed by atoms with Crippen LogP contribution in [-0.4, -0.2) is 12.5 Å². The summed E-state index contributed by atoms with van der Waals surface area (Å²) in [6.07, 6.45) is -10.1. The van der Waals surface area contributed by atoms with E-state index in [4.69, 9.17) is 39.5 Å². The van der Waals surface area contributed by atoms with Crippen molar-refractivity contribution in [3.63, 3.8) is 0 Å². The monoisotopic (exact) mass is 493 g/mol. The number of carbonyl (C=O) groups is 1. The van der Waals surface area contributed by atoms with Gasteiger partial charge in [0.15, 0.2) is 12.4 Å². The molecule has 0 aliphatic carbocycles. The van der Waals surface area contributed by atoms with Crippen molar-refractivity contribution < 1.29 is 35.9 Å². The Bertz CT molecular complexity index is 928. The van der Waals surface area contributed by atoms with Gasteiger partial charge in [-0.05, 0) is 43.2 Å². The van der Waals surface area contributed by atoms with Gasteiger partial charge in [-0.25, -0.2) is 0 Å². The highest BCUT2D eigenvalue weighted by atomic mass is 35.5. The lowest BCUT2D eigenvalue weighted by Crippen LogP contribution is -2.21. The smallest absolute Gasteiger partial charge is 0.416 e. The maximum Gasteiger partial charge on any atom is 0.416 e. The zero-order valence-electron chi connectivity index (χ0n) is 15.2. The fourth-order valence-corrected chi connectivity index (χ4v) is 3.22. The van der Waals surface area contributed by atoms with Gasteiger partial charge < -0.3 is 10.1 Å². The molecular formula is C18H12Cl3F6NO2. The molecule has 1 N–H and O–H groups in total. The summed E-state index contributed by atoms with van der Waals surface area (Å²) in [7, 11) is 0. The van der Waals surface area contributed by atoms with Crippen molar-refractivity contribution in [3.05, 3.63) is 55.5 Å². The molecule has 30 heavy (non-hydrogen) atoms. The second-order valence-electron chi connectivity index (χ2n) is 6.15. The van der Waals surface area contributed by atoms with Crippen LogP contribution in [-0.2, 0) is 17.1 Å². The summed E-state index contributed by atoms with van der Waals surface area (Å²) >= 11 is 18.2. The summed E-state index contributed by atoms with van der Waals surface area (Å²) in [5.74, 6) is -1.12. The van der Waals surface area contributed by atoms with Crippen molar-refractivity contribution in [1.29, 1.82) is 0 Å². The Hall–Kier alpha value is -1.84. The van der Waals surface area contributed by atoms with Crippen molar-refractivity contribution in [2.24, 2.45) is 0 Å². The molecule has 0 aliphatic heterocycles. The normalized spacial score (nSPS) is 12.1. The highest BCUT2D eigenvalue weighted by molar-refractivity contribution is 6.42. The molecule has 0 bridgehead atoms. The molecule has 1 amide bonds. The third kappa shape index (κ3) is 5.44. The highest BCUT2D eigenvalue weighted by Gasteiger charge is 2.37. The molecule has 0 aliphatic rings. The SMILES string of the molecule is Cc1c(Cl)c(C)c(Cl)c(OCC(=O)Nc2cc(C(F)(F)F)cc(C(F)(F)F)c2)c1Cl. The number of hydrogen-bond acceptors (Lipinski definition) is 2. The Morgan fingerprint density at radius 3 is 1.70 bits per heavy atom. The van der Waals surface area contributed by atoms with E-state index in [1.165, 1.54) is 0 Å². The summed E-state index contributed by atoms with van der Waals surface area (Å²) in [6, 6.07) is 0.707. The van der Waals surface area contributed by atoms with Gasteiger partial charge in [-0.3, -0.25) is 4.79 Å². The minimum absolute atomic E-state index is 0.0156. The number of nitrogens with one attached hydrogen (secondary N) is 1. The predicted molar refractivity (Wildman–Crippen MR) is 102 cm³/mol. The Kier molecular flexibility index (Phi) is 7.10. The molecule has 0 spiro atoms. The number of anilines is 1. The molecule has 164 valence electrons. The molecule has 0 heterocycles. The lowest BCUT2D eigenvalue weighted by atomic mass is 10.1. The number of alkyl halides is 6. The zero-order chi connectivity index (χ0) is 23.0. The molecular weight excluding hydrogens is 483 g/mol. The van der Waals surface area contributed by atoms with Gasteiger partial charge in [-0.2, -0.15) is 26.3 Å². The van der Waals surface area contributed by atoms with E-state index in [1.807, 2.05) is 5.32 Å². The van der Waals surface area contributed by atoms with Gasteiger partial charge in [0.25, 0.3) is 5.91 Å². The Labute approximate surface area is 181 Å². The van der Waals surface area contributed by atoms with Crippen LogP contribution in [0.2, 0.25) is 15.1 Å². The number of halogens is 9. The number of carbonyl (C=O) groups excluding carboxylic acids is 1. The van der Waals surface area contributed by atoms with Crippen LogP contribution in [0.4, 0.5) is 32.0 Å². The quantitative estimate of drug-likeness (QED) is 0.452. The van der Waals surface area contributed by atoms with Crippen molar-refractivity contribution in [2.75, 3.05) is 11.9 Å². The van der Waals surface area contributed by atoms with E-state index in [0.717, 1.165) is 0 Å². The van der Waals surface area contributed by atoms with E-state index in [-0.39, 0.29) is 26.9 Å². The first-order valence-corrected chi connectivity index (χ1v) is 9.12. The van der Waals surface area contributed by atoms with Gasteiger partial charge in [-0.1, -0.05) is 34.8 Å².